The Balaban J connectivity index is 2.08. The summed E-state index contributed by atoms with van der Waals surface area (Å²) in [6.45, 7) is 3.96. The van der Waals surface area contributed by atoms with E-state index in [1.165, 1.54) is 12.1 Å². The molecule has 0 radical (unpaired) electrons. The molecule has 6 nitrogen and oxygen atoms in total. The lowest BCUT2D eigenvalue weighted by Gasteiger charge is -2.04. The lowest BCUT2D eigenvalue weighted by Crippen LogP contribution is -2.07. The molecule has 27 heavy (non-hydrogen) atoms. The number of rotatable bonds is 7. The Morgan fingerprint density at radius 2 is 1.85 bits per heavy atom. The predicted molar refractivity (Wildman–Crippen MR) is 107 cm³/mol. The highest BCUT2D eigenvalue weighted by Gasteiger charge is 2.28. The summed E-state index contributed by atoms with van der Waals surface area (Å²) in [5.41, 5.74) is 0.634. The number of anilines is 1. The van der Waals surface area contributed by atoms with Gasteiger partial charge in [0.15, 0.2) is 0 Å². The van der Waals surface area contributed by atoms with E-state index >= 15 is 0 Å². The highest BCUT2D eigenvalue weighted by atomic mass is 79.9. The van der Waals surface area contributed by atoms with Gasteiger partial charge in [-0.1, -0.05) is 22.0 Å². The molecule has 0 aliphatic rings. The quantitative estimate of drug-likeness (QED) is 0.534. The molecule has 1 heterocycles. The first-order chi connectivity index (χ1) is 13.0. The third-order valence-electron chi connectivity index (χ3n) is 3.72. The second-order valence-electron chi connectivity index (χ2n) is 5.51. The predicted octanol–water partition coefficient (Wildman–Crippen LogP) is 4.54. The van der Waals surface area contributed by atoms with Crippen LogP contribution in [-0.4, -0.2) is 27.1 Å². The first-order valence-electron chi connectivity index (χ1n) is 7.96. The molecule has 0 aliphatic heterocycles. The minimum atomic E-state index is -3.86. The van der Waals surface area contributed by atoms with Crippen LogP contribution in [-0.2, 0) is 9.84 Å². The van der Waals surface area contributed by atoms with E-state index in [4.69, 9.17) is 9.15 Å². The largest absolute Gasteiger partial charge is 0.497 e. The molecular formula is C19H17BrN2O4S. The van der Waals surface area contributed by atoms with Gasteiger partial charge in [-0.05, 0) is 48.5 Å². The average Bonchev–Trinajstić information content (AvgIpc) is 3.12. The number of oxazole rings is 1. The number of sulfone groups is 1. The van der Waals surface area contributed by atoms with Crippen LogP contribution >= 0.6 is 15.9 Å². The zero-order chi connectivity index (χ0) is 19.4. The number of hydrogen-bond acceptors (Lipinski definition) is 6. The van der Waals surface area contributed by atoms with E-state index in [-0.39, 0.29) is 21.7 Å². The highest BCUT2D eigenvalue weighted by molar-refractivity contribution is 9.10. The highest BCUT2D eigenvalue weighted by Crippen LogP contribution is 2.33. The molecular weight excluding hydrogens is 432 g/mol. The Morgan fingerprint density at radius 1 is 1.19 bits per heavy atom. The second kappa shape index (κ2) is 7.98. The maximum Gasteiger partial charge on any atom is 0.234 e. The van der Waals surface area contributed by atoms with Gasteiger partial charge in [0.1, 0.15) is 5.75 Å². The lowest BCUT2D eigenvalue weighted by atomic mass is 10.2. The molecule has 3 rings (SSSR count). The van der Waals surface area contributed by atoms with Crippen LogP contribution in [0.4, 0.5) is 5.88 Å². The van der Waals surface area contributed by atoms with Crippen molar-refractivity contribution in [3.63, 3.8) is 0 Å². The Bertz CT molecular complexity index is 1040. The summed E-state index contributed by atoms with van der Waals surface area (Å²) in [4.78, 5) is 4.38. The molecule has 0 amide bonds. The number of halogens is 1. The number of ether oxygens (including phenoxy) is 1. The van der Waals surface area contributed by atoms with Gasteiger partial charge in [-0.15, -0.1) is 6.58 Å². The summed E-state index contributed by atoms with van der Waals surface area (Å²) in [6.07, 6.45) is 1.60. The molecule has 1 N–H and O–H groups in total. The topological polar surface area (TPSA) is 81.4 Å². The molecule has 0 atom stereocenters. The maximum atomic E-state index is 13.1. The van der Waals surface area contributed by atoms with Gasteiger partial charge in [0, 0.05) is 16.6 Å². The van der Waals surface area contributed by atoms with Crippen molar-refractivity contribution in [2.45, 2.75) is 9.92 Å². The summed E-state index contributed by atoms with van der Waals surface area (Å²) in [6, 6.07) is 13.3. The van der Waals surface area contributed by atoms with Crippen molar-refractivity contribution in [2.24, 2.45) is 0 Å². The Labute approximate surface area is 165 Å². The molecule has 0 bridgehead atoms. The van der Waals surface area contributed by atoms with Gasteiger partial charge < -0.3 is 14.5 Å². The third kappa shape index (κ3) is 4.06. The molecule has 0 spiro atoms. The van der Waals surface area contributed by atoms with Crippen molar-refractivity contribution in [1.29, 1.82) is 0 Å². The first-order valence-corrected chi connectivity index (χ1v) is 10.2. The van der Waals surface area contributed by atoms with Crippen molar-refractivity contribution in [1.82, 2.24) is 4.98 Å². The molecule has 0 fully saturated rings. The average molecular weight is 449 g/mol. The number of aromatic nitrogens is 1. The summed E-state index contributed by atoms with van der Waals surface area (Å²) < 4.78 is 37.7. The van der Waals surface area contributed by atoms with Crippen LogP contribution in [0.5, 0.6) is 5.75 Å². The Hall–Kier alpha value is -2.58. The van der Waals surface area contributed by atoms with E-state index in [0.717, 1.165) is 4.47 Å². The van der Waals surface area contributed by atoms with Crippen LogP contribution in [0.3, 0.4) is 0 Å². The standard InChI is InChI=1S/C19H17BrN2O4S/c1-3-12-21-18-19(27(23,24)16-10-6-14(20)7-11-16)22-17(26-18)13-4-8-15(25-2)9-5-13/h3-11,21H,1,12H2,2H3. The number of nitrogens with zero attached hydrogens (tertiary/aromatic N) is 1. The van der Waals surface area contributed by atoms with Crippen molar-refractivity contribution < 1.29 is 17.6 Å². The van der Waals surface area contributed by atoms with Crippen LogP contribution in [0, 0.1) is 0 Å². The monoisotopic (exact) mass is 448 g/mol. The van der Waals surface area contributed by atoms with Crippen molar-refractivity contribution in [2.75, 3.05) is 19.0 Å². The van der Waals surface area contributed by atoms with Crippen LogP contribution in [0.2, 0.25) is 0 Å². The molecule has 0 saturated heterocycles. The molecule has 0 saturated carbocycles. The fraction of sp³-hybridized carbons (Fsp3) is 0.105. The van der Waals surface area contributed by atoms with Crippen LogP contribution < -0.4 is 10.1 Å². The second-order valence-corrected chi connectivity index (χ2v) is 8.29. The van der Waals surface area contributed by atoms with Crippen LogP contribution in [0.25, 0.3) is 11.5 Å². The van der Waals surface area contributed by atoms with Crippen molar-refractivity contribution in [3.05, 3.63) is 65.7 Å². The number of hydrogen-bond donors (Lipinski definition) is 1. The maximum absolute atomic E-state index is 13.1. The Morgan fingerprint density at radius 3 is 2.44 bits per heavy atom. The minimum absolute atomic E-state index is 0.0728. The van der Waals surface area contributed by atoms with E-state index < -0.39 is 9.84 Å². The third-order valence-corrected chi connectivity index (χ3v) is 5.93. The van der Waals surface area contributed by atoms with Crippen molar-refractivity contribution in [3.8, 4) is 17.2 Å². The normalized spacial score (nSPS) is 11.2. The zero-order valence-electron chi connectivity index (χ0n) is 14.5. The zero-order valence-corrected chi connectivity index (χ0v) is 16.9. The van der Waals surface area contributed by atoms with Gasteiger partial charge in [-0.25, -0.2) is 8.42 Å². The molecule has 140 valence electrons. The molecule has 8 heteroatoms. The van der Waals surface area contributed by atoms with Gasteiger partial charge in [-0.3, -0.25) is 0 Å². The molecule has 0 unspecified atom stereocenters. The fourth-order valence-electron chi connectivity index (χ4n) is 2.35. The number of methoxy groups -OCH3 is 1. The smallest absolute Gasteiger partial charge is 0.234 e. The number of nitrogens with one attached hydrogen (secondary N) is 1. The summed E-state index contributed by atoms with van der Waals surface area (Å²) in [5, 5.41) is 2.73. The number of benzene rings is 2. The summed E-state index contributed by atoms with van der Waals surface area (Å²) in [7, 11) is -2.29. The minimum Gasteiger partial charge on any atom is -0.497 e. The molecule has 2 aromatic carbocycles. The van der Waals surface area contributed by atoms with E-state index in [1.807, 2.05) is 0 Å². The van der Waals surface area contributed by atoms with E-state index in [0.29, 0.717) is 17.9 Å². The van der Waals surface area contributed by atoms with Crippen LogP contribution in [0.15, 0.2) is 80.0 Å². The van der Waals surface area contributed by atoms with Gasteiger partial charge in [0.2, 0.25) is 26.6 Å². The van der Waals surface area contributed by atoms with E-state index in [9.17, 15) is 8.42 Å². The van der Waals surface area contributed by atoms with Gasteiger partial charge in [0.25, 0.3) is 0 Å². The van der Waals surface area contributed by atoms with Gasteiger partial charge >= 0.3 is 0 Å². The SMILES string of the molecule is C=CCNc1oc(-c2ccc(OC)cc2)nc1S(=O)(=O)c1ccc(Br)cc1. The van der Waals surface area contributed by atoms with Crippen molar-refractivity contribution >= 4 is 31.7 Å². The fourth-order valence-corrected chi connectivity index (χ4v) is 3.89. The van der Waals surface area contributed by atoms with Gasteiger partial charge in [0.05, 0.1) is 12.0 Å². The van der Waals surface area contributed by atoms with E-state index in [2.05, 4.69) is 32.8 Å². The summed E-state index contributed by atoms with van der Waals surface area (Å²) in [5.74, 6) is 0.946. The first kappa shape index (κ1) is 19.2. The van der Waals surface area contributed by atoms with E-state index in [1.54, 1.807) is 49.6 Å². The Kier molecular flexibility index (Phi) is 5.67. The molecule has 1 aromatic heterocycles. The lowest BCUT2D eigenvalue weighted by molar-refractivity contribution is 0.415. The molecule has 0 aliphatic carbocycles. The van der Waals surface area contributed by atoms with Gasteiger partial charge in [-0.2, -0.15) is 4.98 Å². The summed E-state index contributed by atoms with van der Waals surface area (Å²) >= 11 is 3.30. The van der Waals surface area contributed by atoms with Crippen LogP contribution in [0.1, 0.15) is 0 Å². The molecule has 3 aromatic rings.